The van der Waals surface area contributed by atoms with E-state index in [-0.39, 0.29) is 17.7 Å². The van der Waals surface area contributed by atoms with E-state index < -0.39 is 22.0 Å². The van der Waals surface area contributed by atoms with Crippen LogP contribution >= 0.6 is 0 Å². The molecule has 9 heteroatoms. The van der Waals surface area contributed by atoms with Crippen molar-refractivity contribution in [2.45, 2.75) is 40.2 Å². The minimum absolute atomic E-state index is 0.123. The maximum Gasteiger partial charge on any atom is 0.295 e. The predicted octanol–water partition coefficient (Wildman–Crippen LogP) is 3.28. The van der Waals surface area contributed by atoms with E-state index in [1.807, 2.05) is 38.1 Å². The fraction of sp³-hybridized carbons (Fsp3) is 0.333. The number of nitrogens with zero attached hydrogens (tertiary/aromatic N) is 3. The molecule has 176 valence electrons. The van der Waals surface area contributed by atoms with E-state index in [1.54, 1.807) is 49.8 Å². The molecule has 33 heavy (non-hydrogen) atoms. The maximum absolute atomic E-state index is 13.3. The minimum atomic E-state index is -3.78. The highest BCUT2D eigenvalue weighted by molar-refractivity contribution is 7.92. The third-order valence-electron chi connectivity index (χ3n) is 5.88. The second kappa shape index (κ2) is 9.27. The SMILES string of the molecule is CCC(C(=O)Nc1c(C)n(C)n(-c2ccccc2)c1=O)N(c1ccc(C)c(C)c1)S(C)(=O)=O. The summed E-state index contributed by atoms with van der Waals surface area (Å²) in [4.78, 5) is 26.5. The Hall–Kier alpha value is -3.33. The Morgan fingerprint density at radius 3 is 2.24 bits per heavy atom. The lowest BCUT2D eigenvalue weighted by Crippen LogP contribution is -2.47. The minimum Gasteiger partial charge on any atom is -0.318 e. The van der Waals surface area contributed by atoms with Gasteiger partial charge in [-0.3, -0.25) is 18.6 Å². The van der Waals surface area contributed by atoms with Crippen LogP contribution in [0.15, 0.2) is 53.3 Å². The summed E-state index contributed by atoms with van der Waals surface area (Å²) >= 11 is 0. The fourth-order valence-corrected chi connectivity index (χ4v) is 5.05. The Morgan fingerprint density at radius 1 is 1.06 bits per heavy atom. The van der Waals surface area contributed by atoms with Crippen molar-refractivity contribution in [3.63, 3.8) is 0 Å². The number of benzene rings is 2. The summed E-state index contributed by atoms with van der Waals surface area (Å²) in [6.07, 6.45) is 1.30. The van der Waals surface area contributed by atoms with E-state index >= 15 is 0 Å². The van der Waals surface area contributed by atoms with Gasteiger partial charge in [-0.15, -0.1) is 0 Å². The molecule has 1 N–H and O–H groups in total. The summed E-state index contributed by atoms with van der Waals surface area (Å²) in [6.45, 7) is 7.29. The molecule has 0 bridgehead atoms. The fourth-order valence-electron chi connectivity index (χ4n) is 3.84. The number of carbonyl (C=O) groups is 1. The average molecular weight is 471 g/mol. The van der Waals surface area contributed by atoms with Crippen LogP contribution in [-0.2, 0) is 21.9 Å². The van der Waals surface area contributed by atoms with Crippen LogP contribution in [0.1, 0.15) is 30.2 Å². The van der Waals surface area contributed by atoms with Crippen molar-refractivity contribution in [2.24, 2.45) is 7.05 Å². The average Bonchev–Trinajstić information content (AvgIpc) is 2.96. The molecule has 0 aliphatic heterocycles. The molecule has 0 radical (unpaired) electrons. The standard InChI is InChI=1S/C24H30N4O4S/c1-7-21(28(33(6,31)32)20-14-13-16(2)17(3)15-20)23(29)25-22-18(4)26(5)27(24(22)30)19-11-9-8-10-12-19/h8-15,21H,7H2,1-6H3,(H,25,29). The summed E-state index contributed by atoms with van der Waals surface area (Å²) < 4.78 is 29.7. The Balaban J connectivity index is 2.03. The van der Waals surface area contributed by atoms with Gasteiger partial charge in [-0.25, -0.2) is 13.1 Å². The Kier molecular flexibility index (Phi) is 6.83. The van der Waals surface area contributed by atoms with Crippen molar-refractivity contribution < 1.29 is 13.2 Å². The Bertz CT molecular complexity index is 1340. The van der Waals surface area contributed by atoms with Gasteiger partial charge in [-0.05, 0) is 62.6 Å². The van der Waals surface area contributed by atoms with Gasteiger partial charge in [0, 0.05) is 7.05 Å². The van der Waals surface area contributed by atoms with E-state index in [0.717, 1.165) is 21.7 Å². The van der Waals surface area contributed by atoms with Gasteiger partial charge in [0.05, 0.1) is 23.3 Å². The second-order valence-electron chi connectivity index (χ2n) is 8.18. The van der Waals surface area contributed by atoms with E-state index in [4.69, 9.17) is 0 Å². The van der Waals surface area contributed by atoms with Gasteiger partial charge in [-0.2, -0.15) is 0 Å². The maximum atomic E-state index is 13.3. The zero-order valence-electron chi connectivity index (χ0n) is 19.8. The predicted molar refractivity (Wildman–Crippen MR) is 132 cm³/mol. The number of hydrogen-bond acceptors (Lipinski definition) is 4. The first-order valence-electron chi connectivity index (χ1n) is 10.7. The molecule has 1 heterocycles. The number of carbonyl (C=O) groups excluding carboxylic acids is 1. The van der Waals surface area contributed by atoms with Crippen molar-refractivity contribution in [3.8, 4) is 5.69 Å². The molecule has 2 aromatic carbocycles. The molecule has 0 spiro atoms. The van der Waals surface area contributed by atoms with Crippen LogP contribution in [0.4, 0.5) is 11.4 Å². The molecule has 0 aliphatic carbocycles. The summed E-state index contributed by atoms with van der Waals surface area (Å²) in [6, 6.07) is 13.3. The number of aryl methyl sites for hydroxylation is 2. The lowest BCUT2D eigenvalue weighted by molar-refractivity contribution is -0.117. The summed E-state index contributed by atoms with van der Waals surface area (Å²) in [7, 11) is -2.05. The van der Waals surface area contributed by atoms with Gasteiger partial charge >= 0.3 is 0 Å². The molecule has 3 aromatic rings. The Morgan fingerprint density at radius 2 is 1.70 bits per heavy atom. The topological polar surface area (TPSA) is 93.4 Å². The molecule has 0 saturated carbocycles. The third kappa shape index (κ3) is 4.73. The van der Waals surface area contributed by atoms with Crippen LogP contribution in [0.5, 0.6) is 0 Å². The van der Waals surface area contributed by atoms with Gasteiger partial charge in [0.25, 0.3) is 5.56 Å². The zero-order chi connectivity index (χ0) is 24.5. The van der Waals surface area contributed by atoms with E-state index in [9.17, 15) is 18.0 Å². The quantitative estimate of drug-likeness (QED) is 0.573. The van der Waals surface area contributed by atoms with Crippen LogP contribution in [0, 0.1) is 20.8 Å². The van der Waals surface area contributed by atoms with Crippen molar-refractivity contribution in [3.05, 3.63) is 75.7 Å². The molecule has 1 unspecified atom stereocenters. The molecule has 1 atom stereocenters. The zero-order valence-corrected chi connectivity index (χ0v) is 20.6. The molecule has 1 aromatic heterocycles. The number of aromatic nitrogens is 2. The van der Waals surface area contributed by atoms with Crippen molar-refractivity contribution in [1.82, 2.24) is 9.36 Å². The largest absolute Gasteiger partial charge is 0.318 e. The van der Waals surface area contributed by atoms with Gasteiger partial charge < -0.3 is 5.32 Å². The molecular weight excluding hydrogens is 440 g/mol. The molecule has 0 fully saturated rings. The third-order valence-corrected chi connectivity index (χ3v) is 7.06. The van der Waals surface area contributed by atoms with Crippen molar-refractivity contribution >= 4 is 27.3 Å². The first-order chi connectivity index (χ1) is 15.5. The van der Waals surface area contributed by atoms with E-state index in [1.165, 1.54) is 4.68 Å². The summed E-state index contributed by atoms with van der Waals surface area (Å²) in [5, 5.41) is 2.71. The second-order valence-corrected chi connectivity index (χ2v) is 10.0. The molecule has 8 nitrogen and oxygen atoms in total. The van der Waals surface area contributed by atoms with Gasteiger partial charge in [0.2, 0.25) is 15.9 Å². The smallest absolute Gasteiger partial charge is 0.295 e. The monoisotopic (exact) mass is 470 g/mol. The highest BCUT2D eigenvalue weighted by Gasteiger charge is 2.33. The molecular formula is C24H30N4O4S. The van der Waals surface area contributed by atoms with Crippen LogP contribution in [0.25, 0.3) is 5.69 Å². The highest BCUT2D eigenvalue weighted by Crippen LogP contribution is 2.26. The molecule has 3 rings (SSSR count). The number of anilines is 2. The van der Waals surface area contributed by atoms with Gasteiger partial charge in [-0.1, -0.05) is 31.2 Å². The number of sulfonamides is 1. The van der Waals surface area contributed by atoms with E-state index in [2.05, 4.69) is 5.32 Å². The summed E-state index contributed by atoms with van der Waals surface area (Å²) in [5.74, 6) is -0.563. The summed E-state index contributed by atoms with van der Waals surface area (Å²) in [5.41, 5.74) is 3.30. The highest BCUT2D eigenvalue weighted by atomic mass is 32.2. The molecule has 1 amide bonds. The number of para-hydroxylation sites is 1. The first kappa shape index (κ1) is 24.3. The van der Waals surface area contributed by atoms with Gasteiger partial charge in [0.1, 0.15) is 11.7 Å². The van der Waals surface area contributed by atoms with Crippen LogP contribution < -0.4 is 15.2 Å². The Labute approximate surface area is 194 Å². The van der Waals surface area contributed by atoms with Crippen LogP contribution in [-0.4, -0.2) is 36.0 Å². The lowest BCUT2D eigenvalue weighted by atomic mass is 10.1. The van der Waals surface area contributed by atoms with Crippen molar-refractivity contribution in [1.29, 1.82) is 0 Å². The number of hydrogen-bond donors (Lipinski definition) is 1. The molecule has 0 aliphatic rings. The number of amides is 1. The number of nitrogens with one attached hydrogen (secondary N) is 1. The first-order valence-corrected chi connectivity index (χ1v) is 12.5. The van der Waals surface area contributed by atoms with Crippen molar-refractivity contribution in [2.75, 3.05) is 15.9 Å². The molecule has 0 saturated heterocycles. The van der Waals surface area contributed by atoms with Gasteiger partial charge in [0.15, 0.2) is 0 Å². The number of rotatable bonds is 7. The van der Waals surface area contributed by atoms with E-state index in [0.29, 0.717) is 17.1 Å². The van der Waals surface area contributed by atoms with Crippen LogP contribution in [0.2, 0.25) is 0 Å². The lowest BCUT2D eigenvalue weighted by Gasteiger charge is -2.30. The normalized spacial score (nSPS) is 12.4. The van der Waals surface area contributed by atoms with Crippen LogP contribution in [0.3, 0.4) is 0 Å².